The number of carbonyl (C=O) groups is 15. The number of rotatable bonds is 14. The lowest BCUT2D eigenvalue weighted by Gasteiger charge is -2.35. The molecule has 5 aliphatic heterocycles. The Kier molecular flexibility index (Phi) is 31.2. The van der Waals surface area contributed by atoms with Crippen LogP contribution >= 0.6 is 21.6 Å². The van der Waals surface area contributed by atoms with Gasteiger partial charge in [0.05, 0.1) is 25.7 Å². The minimum Gasteiger partial charge on any atom is -0.481 e. The molecule has 5 fully saturated rings. The topological polar surface area (TPSA) is 523 Å². The van der Waals surface area contributed by atoms with Crippen LogP contribution in [0.25, 0.3) is 0 Å². The number of guanidine groups is 1. The second kappa shape index (κ2) is 38.8. The van der Waals surface area contributed by atoms with Crippen molar-refractivity contribution < 1.29 is 87.2 Å². The largest absolute Gasteiger partial charge is 0.481 e. The second-order valence-corrected chi connectivity index (χ2v) is 28.5. The Balaban J connectivity index is 1.48. The van der Waals surface area contributed by atoms with Crippen molar-refractivity contribution in [3.8, 4) is 0 Å². The minimum atomic E-state index is -1.92. The molecule has 0 radical (unpaired) electrons. The third-order valence-electron chi connectivity index (χ3n) is 18.4. The van der Waals surface area contributed by atoms with Crippen LogP contribution in [-0.4, -0.2) is 260 Å². The fourth-order valence-corrected chi connectivity index (χ4v) is 14.6. The van der Waals surface area contributed by atoms with E-state index in [2.05, 4.69) is 63.5 Å². The molecule has 2 bridgehead atoms. The number of aliphatic hydroxyl groups excluding tert-OH is 2. The van der Waals surface area contributed by atoms with Gasteiger partial charge in [0.25, 0.3) is 0 Å². The predicted molar refractivity (Wildman–Crippen MR) is 367 cm³/mol. The number of aliphatic imine (C=N–C) groups is 1. The smallest absolute Gasteiger partial charge is 0.305 e. The van der Waals surface area contributed by atoms with E-state index in [-0.39, 0.29) is 83.5 Å². The Morgan fingerprint density at radius 1 is 0.554 bits per heavy atom. The summed E-state index contributed by atoms with van der Waals surface area (Å²) < 4.78 is 0. The fraction of sp³-hybridized carbons (Fsp3) is 0.656. The van der Waals surface area contributed by atoms with Crippen molar-refractivity contribution >= 4 is 116 Å². The average Bonchev–Trinajstić information content (AvgIpc) is 1.72. The van der Waals surface area contributed by atoms with Gasteiger partial charge in [-0.3, -0.25) is 76.9 Å². The third kappa shape index (κ3) is 22.8. The molecule has 5 aliphatic rings. The van der Waals surface area contributed by atoms with Crippen molar-refractivity contribution in [3.05, 3.63) is 35.9 Å². The van der Waals surface area contributed by atoms with E-state index in [1.807, 2.05) is 0 Å². The molecule has 101 heavy (non-hydrogen) atoms. The first-order valence-corrected chi connectivity index (χ1v) is 36.5. The molecule has 0 aliphatic carbocycles. The van der Waals surface area contributed by atoms with Crippen LogP contribution in [0.1, 0.15) is 118 Å². The molecule has 558 valence electrons. The number of hydrogen-bond acceptors (Lipinski definition) is 20. The van der Waals surface area contributed by atoms with E-state index in [1.54, 1.807) is 58.0 Å². The van der Waals surface area contributed by atoms with E-state index in [4.69, 9.17) is 11.5 Å². The van der Waals surface area contributed by atoms with Gasteiger partial charge < -0.3 is 100.0 Å². The lowest BCUT2D eigenvalue weighted by atomic mass is 9.96. The molecular formula is C64H97N17O18S2. The van der Waals surface area contributed by atoms with E-state index >= 15 is 14.4 Å². The number of aliphatic carboxylic acids is 1. The Bertz CT molecular complexity index is 3220. The summed E-state index contributed by atoms with van der Waals surface area (Å²) in [5, 5.41) is 59.2. The molecule has 6 rings (SSSR count). The van der Waals surface area contributed by atoms with Crippen LogP contribution in [-0.2, 0) is 78.3 Å². The molecule has 14 amide bonds. The van der Waals surface area contributed by atoms with Crippen LogP contribution in [0.3, 0.4) is 0 Å². The molecule has 16 atom stereocenters. The molecule has 1 aromatic carbocycles. The molecule has 0 saturated carbocycles. The number of nitrogens with two attached hydrogens (primary N) is 2. The van der Waals surface area contributed by atoms with Crippen LogP contribution in [0.5, 0.6) is 0 Å². The molecule has 5 heterocycles. The van der Waals surface area contributed by atoms with Gasteiger partial charge in [0.1, 0.15) is 78.5 Å². The molecule has 5 saturated heterocycles. The van der Waals surface area contributed by atoms with Crippen molar-refractivity contribution in [2.45, 2.75) is 203 Å². The minimum absolute atomic E-state index is 0.00365. The number of benzene rings is 1. The number of carboxylic acid groups (broad SMARTS) is 1. The van der Waals surface area contributed by atoms with E-state index < -0.39 is 216 Å². The van der Waals surface area contributed by atoms with Crippen LogP contribution < -0.4 is 70.0 Å². The van der Waals surface area contributed by atoms with Gasteiger partial charge in [0.2, 0.25) is 82.7 Å². The Hall–Kier alpha value is -8.84. The Labute approximate surface area is 592 Å². The summed E-state index contributed by atoms with van der Waals surface area (Å²) in [4.78, 5) is 223. The maximum absolute atomic E-state index is 15.2. The zero-order chi connectivity index (χ0) is 74.4. The Morgan fingerprint density at radius 3 is 1.62 bits per heavy atom. The number of hydrogen-bond donors (Lipinski definition) is 16. The lowest BCUT2D eigenvalue weighted by Crippen LogP contribution is -2.62. The number of carbonyl (C=O) groups excluding carboxylic acids is 14. The number of nitrogens with one attached hydrogen (secondary N) is 11. The van der Waals surface area contributed by atoms with Gasteiger partial charge in [-0.2, -0.15) is 0 Å². The normalized spacial score (nSPS) is 29.2. The van der Waals surface area contributed by atoms with Crippen molar-refractivity contribution in [3.63, 3.8) is 0 Å². The number of fused-ring (bicyclic) bond motifs is 8. The van der Waals surface area contributed by atoms with Crippen LogP contribution in [0.4, 0.5) is 0 Å². The highest BCUT2D eigenvalue weighted by molar-refractivity contribution is 8.76. The van der Waals surface area contributed by atoms with Gasteiger partial charge in [-0.15, -0.1) is 0 Å². The number of nitrogens with zero attached hydrogens (tertiary/aromatic N) is 4. The first kappa shape index (κ1) is 81.1. The summed E-state index contributed by atoms with van der Waals surface area (Å²) >= 11 is 0. The van der Waals surface area contributed by atoms with Gasteiger partial charge in [0.15, 0.2) is 5.96 Å². The summed E-state index contributed by atoms with van der Waals surface area (Å²) in [7, 11) is 1.70. The first-order valence-electron chi connectivity index (χ1n) is 34.0. The predicted octanol–water partition coefficient (Wildman–Crippen LogP) is -5.41. The maximum Gasteiger partial charge on any atom is 0.305 e. The van der Waals surface area contributed by atoms with Crippen LogP contribution in [0, 0.1) is 11.8 Å². The molecule has 37 heteroatoms. The summed E-state index contributed by atoms with van der Waals surface area (Å²) in [5.74, 6) is -17.2. The van der Waals surface area contributed by atoms with Crippen molar-refractivity contribution in [2.75, 3.05) is 50.8 Å². The number of amides is 14. The fourth-order valence-electron chi connectivity index (χ4n) is 12.3. The van der Waals surface area contributed by atoms with E-state index in [0.717, 1.165) is 28.5 Å². The van der Waals surface area contributed by atoms with Gasteiger partial charge in [-0.1, -0.05) is 92.5 Å². The van der Waals surface area contributed by atoms with Gasteiger partial charge in [0, 0.05) is 44.1 Å². The molecular weight excluding hydrogens is 1360 g/mol. The number of carboxylic acids is 1. The van der Waals surface area contributed by atoms with E-state index in [9.17, 15) is 72.9 Å². The lowest BCUT2D eigenvalue weighted by molar-refractivity contribution is -0.149. The van der Waals surface area contributed by atoms with Gasteiger partial charge in [-0.05, 0) is 82.6 Å². The van der Waals surface area contributed by atoms with Crippen molar-refractivity contribution in [1.82, 2.24) is 73.2 Å². The summed E-state index contributed by atoms with van der Waals surface area (Å²) in [5.41, 5.74) is 11.6. The van der Waals surface area contributed by atoms with Crippen molar-refractivity contribution in [1.29, 1.82) is 0 Å². The quantitative estimate of drug-likeness (QED) is 0.0358. The molecule has 0 spiro atoms. The Morgan fingerprint density at radius 2 is 1.05 bits per heavy atom. The SMILES string of the molecule is CC[C@H](C)[C@@H]1NC(=O)[C@@H]2CCCN2C(=O)[C@@H]2CCCN2C(=O)[C@H]([C@@H](C)CC)NC(=O)[C@H](CO)NC(=O)[C@H](C)NC(=O)[C@H]([C@@H](C)O)NC(=O)[C@@H]2CSSC[C@H](NC1=O)C(=O)N[C@@H](Cc1ccccc1)C(=O)N1CCC[C@H]1C(=O)N[C@@H](CC(=O)O)C(=O)NCC(=O)N[C@@H](CCCN=C(N)N)C(=O)N2. The molecule has 1 aromatic rings. The van der Waals surface area contributed by atoms with Gasteiger partial charge in [-0.25, -0.2) is 0 Å². The van der Waals surface area contributed by atoms with Crippen LogP contribution in [0.15, 0.2) is 35.3 Å². The molecule has 35 nitrogen and oxygen atoms in total. The zero-order valence-corrected chi connectivity index (χ0v) is 59.1. The standard InChI is InChI=1S/C64H97N17O18S2/c1-7-32(3)48-59(95)75-41-30-100-101-31-42(56(92)78-50(35(6)83)60(96)69-34(5)51(87)73-40(29-82)54(90)77-49(33(4)8-2)63(99)81-25-15-21-45(81)62(98)80-24-14-20-44(80)58(94)76-48)74-53(89)37(18-12-22-67-64(65)66)70-46(84)28-68-52(88)38(27-47(85)86)71-57(93)43-19-13-23-79(43)61(97)39(72-55(41)91)26-36-16-10-9-11-17-36/h9-11,16-17,32-35,37-45,48-50,82-83H,7-8,12-15,18-31H2,1-6H3,(H,68,88)(H,69,96)(H,70,84)(H,71,93)(H,72,91)(H,73,87)(H,74,89)(H,75,95)(H,76,94)(H,77,90)(H,78,92)(H,85,86)(H4,65,66,67)/t32-,33-,34-,35+,37-,38-,39-,40-,41-,42-,43-,44-,45-,48-,49-,50-/m0/s1. The monoisotopic (exact) mass is 1460 g/mol. The van der Waals surface area contributed by atoms with Crippen molar-refractivity contribution in [2.24, 2.45) is 28.3 Å². The van der Waals surface area contributed by atoms with E-state index in [1.165, 1.54) is 21.6 Å². The highest BCUT2D eigenvalue weighted by Crippen LogP contribution is 2.29. The average molecular weight is 1460 g/mol. The van der Waals surface area contributed by atoms with E-state index in [0.29, 0.717) is 24.8 Å². The summed E-state index contributed by atoms with van der Waals surface area (Å²) in [6.45, 7) is 7.27. The molecule has 18 N–H and O–H groups in total. The summed E-state index contributed by atoms with van der Waals surface area (Å²) in [6.07, 6.45) is -1.29. The third-order valence-corrected chi connectivity index (χ3v) is 20.9. The van der Waals surface area contributed by atoms with Gasteiger partial charge >= 0.3 is 5.97 Å². The highest BCUT2D eigenvalue weighted by Gasteiger charge is 2.47. The zero-order valence-electron chi connectivity index (χ0n) is 57.5. The molecule has 0 aromatic heterocycles. The highest BCUT2D eigenvalue weighted by atomic mass is 33.1. The van der Waals surface area contributed by atoms with Crippen LogP contribution in [0.2, 0.25) is 0 Å². The number of aliphatic hydroxyl groups is 2. The maximum atomic E-state index is 15.2. The first-order chi connectivity index (χ1) is 48.0. The summed E-state index contributed by atoms with van der Waals surface area (Å²) in [6, 6.07) is -11.4. The molecule has 0 unspecified atom stereocenters. The second-order valence-electron chi connectivity index (χ2n) is 25.9.